The van der Waals surface area contributed by atoms with E-state index in [1.807, 2.05) is 0 Å². The normalized spacial score (nSPS) is 10.4. The van der Waals surface area contributed by atoms with Gasteiger partial charge in [-0.1, -0.05) is 0 Å². The molecule has 0 radical (unpaired) electrons. The summed E-state index contributed by atoms with van der Waals surface area (Å²) in [4.78, 5) is 55.5. The number of hydrogen-bond donors (Lipinski definition) is 4. The average Bonchev–Trinajstić information content (AvgIpc) is 2.36. The quantitative estimate of drug-likeness (QED) is 0.544. The van der Waals surface area contributed by atoms with Gasteiger partial charge in [0.15, 0.2) is 0 Å². The molecule has 9 nitrogen and oxygen atoms in total. The standard InChI is InChI=1S/C11H13N5O4.ClH/c1-16(4-6-2-12-10(19)14-8(6)17)5-7-3-13-11(20)15-9(7)18;/h2-3H,4-5H2,1H3,(H2,12,14,17,19)(H2,13,15,18,20);1H. The molecule has 0 amide bonds. The highest BCUT2D eigenvalue weighted by atomic mass is 35.5. The molecule has 0 aliphatic carbocycles. The van der Waals surface area contributed by atoms with E-state index in [4.69, 9.17) is 0 Å². The van der Waals surface area contributed by atoms with E-state index in [-0.39, 0.29) is 25.5 Å². The molecule has 0 bridgehead atoms. The lowest BCUT2D eigenvalue weighted by molar-refractivity contribution is 0.315. The van der Waals surface area contributed by atoms with Crippen LogP contribution in [0.1, 0.15) is 11.1 Å². The van der Waals surface area contributed by atoms with Crippen molar-refractivity contribution in [1.29, 1.82) is 0 Å². The molecular formula is C11H14ClN5O4. The van der Waals surface area contributed by atoms with Crippen LogP contribution in [0.5, 0.6) is 0 Å². The number of nitrogens with zero attached hydrogens (tertiary/aromatic N) is 1. The van der Waals surface area contributed by atoms with Crippen LogP contribution in [0, 0.1) is 0 Å². The average molecular weight is 316 g/mol. The van der Waals surface area contributed by atoms with E-state index in [0.717, 1.165) is 0 Å². The van der Waals surface area contributed by atoms with Gasteiger partial charge in [-0.3, -0.25) is 24.5 Å². The summed E-state index contributed by atoms with van der Waals surface area (Å²) in [6.07, 6.45) is 2.66. The first-order chi connectivity index (χ1) is 9.45. The van der Waals surface area contributed by atoms with Crippen molar-refractivity contribution in [1.82, 2.24) is 24.8 Å². The van der Waals surface area contributed by atoms with Gasteiger partial charge in [-0.25, -0.2) is 9.59 Å². The van der Waals surface area contributed by atoms with E-state index in [0.29, 0.717) is 11.1 Å². The molecule has 0 unspecified atom stereocenters. The molecule has 10 heteroatoms. The topological polar surface area (TPSA) is 135 Å². The van der Waals surface area contributed by atoms with Gasteiger partial charge in [0, 0.05) is 36.6 Å². The number of aromatic nitrogens is 4. The van der Waals surface area contributed by atoms with E-state index < -0.39 is 22.5 Å². The molecule has 2 rings (SSSR count). The number of H-pyrrole nitrogens is 4. The number of nitrogens with one attached hydrogen (secondary N) is 4. The lowest BCUT2D eigenvalue weighted by Gasteiger charge is -2.15. The van der Waals surface area contributed by atoms with Crippen LogP contribution in [0.4, 0.5) is 0 Å². The summed E-state index contributed by atoms with van der Waals surface area (Å²) in [5, 5.41) is 0. The van der Waals surface area contributed by atoms with Crippen LogP contribution in [0.15, 0.2) is 31.6 Å². The molecule has 2 heterocycles. The number of rotatable bonds is 4. The molecule has 4 N–H and O–H groups in total. The molecule has 0 fully saturated rings. The Morgan fingerprint density at radius 3 is 1.57 bits per heavy atom. The van der Waals surface area contributed by atoms with Crippen molar-refractivity contribution in [3.63, 3.8) is 0 Å². The summed E-state index contributed by atoms with van der Waals surface area (Å²) in [6, 6.07) is 0. The molecule has 0 aliphatic rings. The van der Waals surface area contributed by atoms with Crippen LogP contribution in [-0.4, -0.2) is 31.9 Å². The van der Waals surface area contributed by atoms with Crippen molar-refractivity contribution in [2.24, 2.45) is 0 Å². The fraction of sp³-hybridized carbons (Fsp3) is 0.273. The number of hydrogen-bond acceptors (Lipinski definition) is 5. The van der Waals surface area contributed by atoms with Crippen molar-refractivity contribution < 1.29 is 0 Å². The van der Waals surface area contributed by atoms with Crippen molar-refractivity contribution in [2.75, 3.05) is 7.05 Å². The van der Waals surface area contributed by atoms with E-state index in [2.05, 4.69) is 19.9 Å². The highest BCUT2D eigenvalue weighted by Gasteiger charge is 2.08. The van der Waals surface area contributed by atoms with Gasteiger partial charge in [-0.05, 0) is 7.05 Å². The minimum absolute atomic E-state index is 0. The Bertz CT molecular complexity index is 764. The van der Waals surface area contributed by atoms with Gasteiger partial charge < -0.3 is 9.97 Å². The first-order valence-corrected chi connectivity index (χ1v) is 5.76. The lowest BCUT2D eigenvalue weighted by Crippen LogP contribution is -2.31. The zero-order valence-electron chi connectivity index (χ0n) is 11.1. The third kappa shape index (κ3) is 4.29. The summed E-state index contributed by atoms with van der Waals surface area (Å²) in [5.41, 5.74) is -1.36. The Kier molecular flexibility index (Phi) is 5.44. The largest absolute Gasteiger partial charge is 0.325 e. The minimum Gasteiger partial charge on any atom is -0.314 e. The molecule has 114 valence electrons. The first kappa shape index (κ1) is 16.7. The Balaban J connectivity index is 0.00000220. The predicted octanol–water partition coefficient (Wildman–Crippen LogP) is -1.51. The second-order valence-corrected chi connectivity index (χ2v) is 4.37. The second kappa shape index (κ2) is 6.86. The van der Waals surface area contributed by atoms with Crippen molar-refractivity contribution >= 4 is 12.4 Å². The number of halogens is 1. The van der Waals surface area contributed by atoms with Crippen LogP contribution < -0.4 is 22.5 Å². The fourth-order valence-electron chi connectivity index (χ4n) is 1.75. The van der Waals surface area contributed by atoms with Gasteiger partial charge in [-0.2, -0.15) is 0 Å². The van der Waals surface area contributed by atoms with Crippen LogP contribution in [0.25, 0.3) is 0 Å². The van der Waals surface area contributed by atoms with Crippen LogP contribution in [0.3, 0.4) is 0 Å². The zero-order chi connectivity index (χ0) is 14.7. The molecular weight excluding hydrogens is 302 g/mol. The van der Waals surface area contributed by atoms with E-state index in [1.165, 1.54) is 12.4 Å². The maximum atomic E-state index is 11.5. The first-order valence-electron chi connectivity index (χ1n) is 5.76. The Morgan fingerprint density at radius 2 is 1.24 bits per heavy atom. The molecule has 2 aromatic rings. The molecule has 0 saturated carbocycles. The maximum Gasteiger partial charge on any atom is 0.325 e. The Morgan fingerprint density at radius 1 is 0.857 bits per heavy atom. The molecule has 21 heavy (non-hydrogen) atoms. The molecule has 0 saturated heterocycles. The smallest absolute Gasteiger partial charge is 0.314 e. The molecule has 2 aromatic heterocycles. The van der Waals surface area contributed by atoms with E-state index in [9.17, 15) is 19.2 Å². The van der Waals surface area contributed by atoms with Gasteiger partial charge in [0.25, 0.3) is 11.1 Å². The van der Waals surface area contributed by atoms with Crippen molar-refractivity contribution in [2.45, 2.75) is 13.1 Å². The summed E-state index contributed by atoms with van der Waals surface area (Å²) in [5.74, 6) is 0. The zero-order valence-corrected chi connectivity index (χ0v) is 11.9. The second-order valence-electron chi connectivity index (χ2n) is 4.37. The van der Waals surface area contributed by atoms with Crippen LogP contribution in [0.2, 0.25) is 0 Å². The van der Waals surface area contributed by atoms with Crippen LogP contribution >= 0.6 is 12.4 Å². The summed E-state index contributed by atoms with van der Waals surface area (Å²) in [6.45, 7) is 0.482. The van der Waals surface area contributed by atoms with Gasteiger partial charge in [-0.15, -0.1) is 12.4 Å². The SMILES string of the molecule is CN(Cc1c[nH]c(=O)[nH]c1=O)Cc1c[nH]c(=O)[nH]c1=O.Cl. The number of aromatic amines is 4. The summed E-state index contributed by atoms with van der Waals surface area (Å²) < 4.78 is 0. The molecule has 0 aromatic carbocycles. The molecule has 0 aliphatic heterocycles. The predicted molar refractivity (Wildman–Crippen MR) is 77.8 cm³/mol. The highest BCUT2D eigenvalue weighted by Crippen LogP contribution is 1.98. The highest BCUT2D eigenvalue weighted by molar-refractivity contribution is 5.85. The summed E-state index contributed by atoms with van der Waals surface area (Å²) in [7, 11) is 1.70. The maximum absolute atomic E-state index is 11.5. The molecule has 0 spiro atoms. The van der Waals surface area contributed by atoms with Crippen molar-refractivity contribution in [3.05, 3.63) is 65.2 Å². The fourth-order valence-corrected chi connectivity index (χ4v) is 1.75. The van der Waals surface area contributed by atoms with Gasteiger partial charge in [0.2, 0.25) is 0 Å². The van der Waals surface area contributed by atoms with Crippen molar-refractivity contribution in [3.8, 4) is 0 Å². The minimum atomic E-state index is -0.571. The third-order valence-corrected chi connectivity index (χ3v) is 2.67. The summed E-state index contributed by atoms with van der Waals surface area (Å²) >= 11 is 0. The Labute approximate surface area is 123 Å². The van der Waals surface area contributed by atoms with Gasteiger partial charge >= 0.3 is 11.4 Å². The third-order valence-electron chi connectivity index (χ3n) is 2.67. The van der Waals surface area contributed by atoms with Gasteiger partial charge in [0.05, 0.1) is 0 Å². The van der Waals surface area contributed by atoms with Crippen LogP contribution in [-0.2, 0) is 13.1 Å². The van der Waals surface area contributed by atoms with Gasteiger partial charge in [0.1, 0.15) is 0 Å². The van der Waals surface area contributed by atoms with E-state index >= 15 is 0 Å². The van der Waals surface area contributed by atoms with E-state index in [1.54, 1.807) is 11.9 Å². The Hall–Kier alpha value is -2.39. The lowest BCUT2D eigenvalue weighted by atomic mass is 10.2. The molecule has 0 atom stereocenters. The monoisotopic (exact) mass is 315 g/mol.